The highest BCUT2D eigenvalue weighted by Gasteiger charge is 2.23. The highest BCUT2D eigenvalue weighted by molar-refractivity contribution is 6.29. The van der Waals surface area contributed by atoms with Crippen LogP contribution in [0.1, 0.15) is 0 Å². The third-order valence-corrected chi connectivity index (χ3v) is 13.8. The van der Waals surface area contributed by atoms with Gasteiger partial charge in [-0.05, 0) is 148 Å². The van der Waals surface area contributed by atoms with Gasteiger partial charge in [-0.3, -0.25) is 0 Å². The molecule has 13 rings (SSSR count). The van der Waals surface area contributed by atoms with Gasteiger partial charge in [0.1, 0.15) is 11.2 Å². The highest BCUT2D eigenvalue weighted by atomic mass is 16.3. The van der Waals surface area contributed by atoms with Crippen molar-refractivity contribution in [1.82, 2.24) is 0 Å². The first kappa shape index (κ1) is 40.3. The lowest BCUT2D eigenvalue weighted by atomic mass is 9.86. The molecule has 0 aliphatic carbocycles. The van der Waals surface area contributed by atoms with Crippen molar-refractivity contribution in [2.45, 2.75) is 0 Å². The predicted octanol–water partition coefficient (Wildman–Crippen LogP) is 19.2. The molecule has 1 aromatic heterocycles. The summed E-state index contributed by atoms with van der Waals surface area (Å²) < 4.78 is 7.77. The van der Waals surface area contributed by atoms with E-state index in [1.165, 1.54) is 44.5 Å². The Morgan fingerprint density at radius 1 is 0.174 bits per heavy atom. The van der Waals surface area contributed by atoms with Crippen LogP contribution in [0.3, 0.4) is 0 Å². The summed E-state index contributed by atoms with van der Waals surface area (Å²) >= 11 is 0. The van der Waals surface area contributed by atoms with Crippen molar-refractivity contribution in [2.24, 2.45) is 0 Å². The maximum atomic E-state index is 7.77. The van der Waals surface area contributed by atoms with Gasteiger partial charge in [0.2, 0.25) is 0 Å². The Labute approximate surface area is 401 Å². The van der Waals surface area contributed by atoms with Crippen LogP contribution in [0.5, 0.6) is 0 Å². The first-order valence-corrected chi connectivity index (χ1v) is 23.7. The van der Waals surface area contributed by atoms with E-state index in [4.69, 9.17) is 4.42 Å². The molecular weight excluding hydrogens is 833 g/mol. The zero-order chi connectivity index (χ0) is 45.7. The second kappa shape index (κ2) is 17.0. The molecule has 0 saturated heterocycles. The van der Waals surface area contributed by atoms with E-state index in [0.29, 0.717) is 0 Å². The third-order valence-electron chi connectivity index (χ3n) is 13.8. The average molecular weight is 877 g/mol. The molecule has 0 N–H and O–H groups in total. The van der Waals surface area contributed by atoms with Gasteiger partial charge in [-0.2, -0.15) is 0 Å². The molecule has 1 nitrogen and oxygen atoms in total. The summed E-state index contributed by atoms with van der Waals surface area (Å²) in [7, 11) is 0. The van der Waals surface area contributed by atoms with Gasteiger partial charge in [0.25, 0.3) is 0 Å². The van der Waals surface area contributed by atoms with Crippen molar-refractivity contribution in [3.63, 3.8) is 0 Å². The van der Waals surface area contributed by atoms with Crippen LogP contribution in [0.4, 0.5) is 0 Å². The van der Waals surface area contributed by atoms with Crippen LogP contribution in [0, 0.1) is 0 Å². The van der Waals surface area contributed by atoms with Crippen LogP contribution in [0.25, 0.3) is 132 Å². The van der Waals surface area contributed by atoms with E-state index >= 15 is 0 Å². The average Bonchev–Trinajstić information content (AvgIpc) is 3.58. The normalized spacial score (nSPS) is 11.5. The molecule has 1 heterocycles. The SMILES string of the molecule is c1ccc(-c2cc(-c3ccccc3)cc(-c3cc(-c4ccccc4)c4oc5c(-c6ccccc6)cc(-c6cc(-c7ccccc7)cc(-c7ccccc7)c6)c6cccc(c7cccc3c47)c65)c2)cc1. The van der Waals surface area contributed by atoms with E-state index in [9.17, 15) is 0 Å². The molecule has 0 amide bonds. The molecule has 0 aliphatic rings. The smallest absolute Gasteiger partial charge is 0.143 e. The minimum Gasteiger partial charge on any atom is -0.455 e. The van der Waals surface area contributed by atoms with Crippen LogP contribution in [0.15, 0.2) is 271 Å². The number of hydrogen-bond acceptors (Lipinski definition) is 1. The summed E-state index contributed by atoms with van der Waals surface area (Å²) in [5, 5.41) is 6.77. The number of rotatable bonds is 8. The summed E-state index contributed by atoms with van der Waals surface area (Å²) in [5.41, 5.74) is 20.0. The molecular formula is C68H44O. The van der Waals surface area contributed by atoms with Crippen molar-refractivity contribution in [2.75, 3.05) is 0 Å². The van der Waals surface area contributed by atoms with Crippen molar-refractivity contribution in [1.29, 1.82) is 0 Å². The summed E-state index contributed by atoms with van der Waals surface area (Å²) in [6.07, 6.45) is 0. The van der Waals surface area contributed by atoms with Crippen LogP contribution in [0.2, 0.25) is 0 Å². The molecule has 0 spiro atoms. The van der Waals surface area contributed by atoms with E-state index in [1.807, 2.05) is 0 Å². The number of fused-ring (bicyclic) bond motifs is 1. The minimum absolute atomic E-state index is 0.859. The predicted molar refractivity (Wildman–Crippen MR) is 292 cm³/mol. The van der Waals surface area contributed by atoms with E-state index in [2.05, 4.69) is 267 Å². The van der Waals surface area contributed by atoms with Gasteiger partial charge in [0.15, 0.2) is 0 Å². The molecule has 69 heavy (non-hydrogen) atoms. The third kappa shape index (κ3) is 7.20. The van der Waals surface area contributed by atoms with Gasteiger partial charge in [-0.15, -0.1) is 0 Å². The van der Waals surface area contributed by atoms with Gasteiger partial charge >= 0.3 is 0 Å². The fourth-order valence-electron chi connectivity index (χ4n) is 10.5. The molecule has 0 atom stereocenters. The molecule has 322 valence electrons. The van der Waals surface area contributed by atoms with Crippen LogP contribution in [-0.4, -0.2) is 0 Å². The van der Waals surface area contributed by atoms with Crippen molar-refractivity contribution in [3.8, 4) is 89.0 Å². The van der Waals surface area contributed by atoms with Gasteiger partial charge in [0, 0.05) is 21.9 Å². The number of benzene rings is 12. The number of hydrogen-bond donors (Lipinski definition) is 0. The van der Waals surface area contributed by atoms with Gasteiger partial charge < -0.3 is 4.42 Å². The Balaban J connectivity index is 1.17. The molecule has 0 fully saturated rings. The lowest BCUT2D eigenvalue weighted by molar-refractivity contribution is 0.666. The van der Waals surface area contributed by atoms with E-state index in [0.717, 1.165) is 88.0 Å². The summed E-state index contributed by atoms with van der Waals surface area (Å²) in [6.45, 7) is 0. The van der Waals surface area contributed by atoms with Crippen molar-refractivity contribution in [3.05, 3.63) is 267 Å². The molecule has 12 aromatic carbocycles. The Kier molecular flexibility index (Phi) is 9.91. The fraction of sp³-hybridized carbons (Fsp3) is 0. The van der Waals surface area contributed by atoms with Crippen molar-refractivity contribution >= 4 is 43.5 Å². The van der Waals surface area contributed by atoms with Gasteiger partial charge in [-0.25, -0.2) is 0 Å². The Hall–Kier alpha value is -9.04. The molecule has 13 aromatic rings. The Bertz CT molecular complexity index is 3630. The lowest BCUT2D eigenvalue weighted by Gasteiger charge is -2.16. The molecule has 0 aliphatic heterocycles. The van der Waals surface area contributed by atoms with E-state index in [1.54, 1.807) is 0 Å². The second-order valence-corrected chi connectivity index (χ2v) is 18.0. The quantitative estimate of drug-likeness (QED) is 0.148. The summed E-state index contributed by atoms with van der Waals surface area (Å²) in [4.78, 5) is 0. The van der Waals surface area contributed by atoms with E-state index in [-0.39, 0.29) is 0 Å². The largest absolute Gasteiger partial charge is 0.455 e. The molecule has 0 radical (unpaired) electrons. The fourth-order valence-corrected chi connectivity index (χ4v) is 10.5. The van der Waals surface area contributed by atoms with Crippen molar-refractivity contribution < 1.29 is 4.42 Å². The Morgan fingerprint density at radius 3 is 0.739 bits per heavy atom. The van der Waals surface area contributed by atoms with Gasteiger partial charge in [-0.1, -0.05) is 218 Å². The summed E-state index contributed by atoms with van der Waals surface area (Å²) in [5.74, 6) is 0. The monoisotopic (exact) mass is 876 g/mol. The molecule has 0 saturated carbocycles. The zero-order valence-corrected chi connectivity index (χ0v) is 37.8. The zero-order valence-electron chi connectivity index (χ0n) is 37.8. The standard InChI is InChI=1S/C68H44O/c1-7-21-45(22-8-1)51-37-52(46-23-9-2-10-24-46)40-55(39-51)61-43-63(49-29-15-5-16-30-49)67-65-57(33-19-35-59(61)65)58-34-20-36-60-62(44-64(68(69-67)66(58)60)50-31-17-6-18-32-50)56-41-53(47-25-11-3-12-26-47)38-54(42-56)48-27-13-4-14-28-48/h1-44H. The lowest BCUT2D eigenvalue weighted by Crippen LogP contribution is -1.90. The molecule has 0 bridgehead atoms. The summed E-state index contributed by atoms with van der Waals surface area (Å²) in [6, 6.07) is 96.9. The maximum Gasteiger partial charge on any atom is 0.143 e. The van der Waals surface area contributed by atoms with Gasteiger partial charge in [0.05, 0.1) is 0 Å². The molecule has 1 heteroatoms. The minimum atomic E-state index is 0.859. The Morgan fingerprint density at radius 2 is 0.435 bits per heavy atom. The topological polar surface area (TPSA) is 13.1 Å². The first-order valence-electron chi connectivity index (χ1n) is 23.7. The maximum absolute atomic E-state index is 7.77. The van der Waals surface area contributed by atoms with Crippen LogP contribution >= 0.6 is 0 Å². The van der Waals surface area contributed by atoms with Crippen LogP contribution in [-0.2, 0) is 0 Å². The van der Waals surface area contributed by atoms with Crippen LogP contribution < -0.4 is 0 Å². The highest BCUT2D eigenvalue weighted by Crippen LogP contribution is 2.49. The first-order chi connectivity index (χ1) is 34.2. The molecule has 0 unspecified atom stereocenters. The van der Waals surface area contributed by atoms with E-state index < -0.39 is 0 Å². The second-order valence-electron chi connectivity index (χ2n) is 18.0.